The van der Waals surface area contributed by atoms with E-state index in [1.54, 1.807) is 0 Å². The number of rotatable bonds is 7. The Morgan fingerprint density at radius 2 is 1.68 bits per heavy atom. The summed E-state index contributed by atoms with van der Waals surface area (Å²) >= 11 is 0. The third-order valence-electron chi connectivity index (χ3n) is 3.29. The topological polar surface area (TPSA) is 153 Å². The fourth-order valence-electron chi connectivity index (χ4n) is 2.25. The first kappa shape index (κ1) is 16.2. The molecule has 0 aliphatic carbocycles. The van der Waals surface area contributed by atoms with Crippen molar-refractivity contribution in [1.82, 2.24) is 18.9 Å². The van der Waals surface area contributed by atoms with Crippen LogP contribution in [0.5, 0.6) is 0 Å². The van der Waals surface area contributed by atoms with Gasteiger partial charge in [0.1, 0.15) is 5.65 Å². The van der Waals surface area contributed by atoms with Gasteiger partial charge in [0.05, 0.1) is 0 Å². The van der Waals surface area contributed by atoms with Gasteiger partial charge in [-0.15, -0.1) is 4.34 Å². The van der Waals surface area contributed by atoms with Gasteiger partial charge >= 0.3 is 19.2 Å². The Kier molecular flexibility index (Phi) is 4.94. The summed E-state index contributed by atoms with van der Waals surface area (Å²) < 4.78 is 23.5. The van der Waals surface area contributed by atoms with E-state index in [2.05, 4.69) is 9.97 Å². The molecule has 4 N–H and O–H groups in total. The number of imidazole rings is 1. The molecule has 0 aromatic carbocycles. The molecule has 22 heavy (non-hydrogen) atoms. The van der Waals surface area contributed by atoms with Crippen molar-refractivity contribution in [2.45, 2.75) is 32.2 Å². The van der Waals surface area contributed by atoms with E-state index in [9.17, 15) is 23.5 Å². The zero-order valence-electron chi connectivity index (χ0n) is 11.7. The molecule has 2 aromatic rings. The van der Waals surface area contributed by atoms with Crippen molar-refractivity contribution >= 4 is 19.0 Å². The number of nitrogens with zero attached hydrogens (tertiary/aromatic N) is 2. The van der Waals surface area contributed by atoms with Crippen molar-refractivity contribution in [2.24, 2.45) is 5.73 Å². The Labute approximate surface area is 123 Å². The highest BCUT2D eigenvalue weighted by molar-refractivity contribution is 7.28. The Balaban J connectivity index is 2.50. The molecule has 0 aliphatic heterocycles. The molecule has 0 amide bonds. The lowest BCUT2D eigenvalue weighted by atomic mass is 10.2. The third-order valence-corrected chi connectivity index (χ3v) is 3.97. The van der Waals surface area contributed by atoms with Gasteiger partial charge < -0.3 is 5.73 Å². The van der Waals surface area contributed by atoms with E-state index in [-0.39, 0.29) is 22.0 Å². The van der Waals surface area contributed by atoms with Crippen molar-refractivity contribution in [3.8, 4) is 0 Å². The summed E-state index contributed by atoms with van der Waals surface area (Å²) in [5.41, 5.74) is 2.44. The smallest absolute Gasteiger partial charge is 0.330 e. The second kappa shape index (κ2) is 6.71. The lowest BCUT2D eigenvalue weighted by Crippen LogP contribution is -2.36. The summed E-state index contributed by atoms with van der Waals surface area (Å²) in [5, 5.41) is 0. The number of aromatic amines is 2. The molecule has 2 rings (SSSR count). The number of hydrogen-bond donors (Lipinski definition) is 3. The van der Waals surface area contributed by atoms with E-state index in [1.165, 1.54) is 0 Å². The van der Waals surface area contributed by atoms with Crippen molar-refractivity contribution in [1.29, 1.82) is 0 Å². The molecule has 2 aromatic heterocycles. The number of unbranched alkanes of at least 4 members (excludes halogenated alkanes) is 3. The van der Waals surface area contributed by atoms with Crippen LogP contribution in [-0.4, -0.2) is 25.4 Å². The van der Waals surface area contributed by atoms with Crippen LogP contribution in [0.25, 0.3) is 11.2 Å². The van der Waals surface area contributed by atoms with Gasteiger partial charge in [0.15, 0.2) is 5.52 Å². The number of H-pyrrole nitrogens is 2. The molecule has 0 bridgehead atoms. The molecule has 0 radical (unpaired) electrons. The number of aryl methyl sites for hydroxylation is 1. The van der Waals surface area contributed by atoms with Crippen molar-refractivity contribution in [3.63, 3.8) is 0 Å². The van der Waals surface area contributed by atoms with Crippen LogP contribution in [0.1, 0.15) is 25.7 Å². The van der Waals surface area contributed by atoms with Gasteiger partial charge in [0.25, 0.3) is 5.56 Å². The van der Waals surface area contributed by atoms with Gasteiger partial charge in [-0.3, -0.25) is 19.3 Å². The highest BCUT2D eigenvalue weighted by Crippen LogP contribution is 2.08. The lowest BCUT2D eigenvalue weighted by molar-refractivity contribution is 0.499. The number of fused-ring (bicyclic) bond motifs is 1. The van der Waals surface area contributed by atoms with Crippen LogP contribution >= 0.6 is 7.83 Å². The lowest BCUT2D eigenvalue weighted by Gasteiger charge is -2.07. The third kappa shape index (κ3) is 3.02. The minimum atomic E-state index is -3.42. The first-order valence-corrected chi connectivity index (χ1v) is 7.93. The van der Waals surface area contributed by atoms with Crippen molar-refractivity contribution in [2.75, 3.05) is 6.54 Å². The molecule has 0 unspecified atom stereocenters. The van der Waals surface area contributed by atoms with Crippen LogP contribution in [0.4, 0.5) is 0 Å². The minimum absolute atomic E-state index is 0.00641. The number of nitrogens with one attached hydrogen (secondary N) is 2. The first-order chi connectivity index (χ1) is 10.5. The summed E-state index contributed by atoms with van der Waals surface area (Å²) in [4.78, 5) is 40.0. The molecule has 11 heteroatoms. The minimum Gasteiger partial charge on any atom is -0.330 e. The van der Waals surface area contributed by atoms with Crippen molar-refractivity contribution in [3.05, 3.63) is 31.3 Å². The van der Waals surface area contributed by atoms with Gasteiger partial charge in [-0.25, -0.2) is 18.7 Å². The summed E-state index contributed by atoms with van der Waals surface area (Å²) in [6, 6.07) is 0. The van der Waals surface area contributed by atoms with Gasteiger partial charge in [-0.1, -0.05) is 12.8 Å². The SMILES string of the molecule is NCCCCCCn1c(=O)n(P(=O)=O)c(=O)c2[nH]c(=O)[nH]c21. The predicted octanol–water partition coefficient (Wildman–Crippen LogP) is -0.365. The van der Waals surface area contributed by atoms with Gasteiger partial charge in [0, 0.05) is 6.54 Å². The van der Waals surface area contributed by atoms with Crippen LogP contribution in [-0.2, 0) is 15.7 Å². The van der Waals surface area contributed by atoms with E-state index < -0.39 is 24.8 Å². The Morgan fingerprint density at radius 1 is 1.00 bits per heavy atom. The largest absolute Gasteiger partial charge is 0.438 e. The van der Waals surface area contributed by atoms with Crippen molar-refractivity contribution < 1.29 is 9.13 Å². The number of nitrogens with two attached hydrogens (primary N) is 1. The summed E-state index contributed by atoms with van der Waals surface area (Å²) in [6.45, 7) is 0.772. The van der Waals surface area contributed by atoms with Crippen LogP contribution in [0, 0.1) is 0 Å². The molecule has 0 saturated heterocycles. The second-order valence-corrected chi connectivity index (χ2v) is 5.67. The molecular weight excluding hydrogens is 313 g/mol. The first-order valence-electron chi connectivity index (χ1n) is 6.80. The van der Waals surface area contributed by atoms with Gasteiger partial charge in [-0.05, 0) is 19.4 Å². The van der Waals surface area contributed by atoms with E-state index in [0.29, 0.717) is 13.0 Å². The van der Waals surface area contributed by atoms with E-state index in [1.807, 2.05) is 0 Å². The van der Waals surface area contributed by atoms with Gasteiger partial charge in [0.2, 0.25) is 0 Å². The van der Waals surface area contributed by atoms with Crippen LogP contribution < -0.4 is 22.7 Å². The maximum atomic E-state index is 12.2. The highest BCUT2D eigenvalue weighted by atomic mass is 31.1. The molecule has 0 spiro atoms. The molecule has 2 heterocycles. The van der Waals surface area contributed by atoms with Crippen LogP contribution in [0.2, 0.25) is 0 Å². The Hall–Kier alpha value is -2.19. The molecule has 0 aliphatic rings. The fourth-order valence-corrected chi connectivity index (χ4v) is 2.75. The second-order valence-electron chi connectivity index (χ2n) is 4.79. The molecular formula is C11H16N5O5P. The number of aromatic nitrogens is 4. The molecule has 0 atom stereocenters. The number of hydrogen-bond acceptors (Lipinski definition) is 6. The Morgan fingerprint density at radius 3 is 2.32 bits per heavy atom. The average molecular weight is 329 g/mol. The highest BCUT2D eigenvalue weighted by Gasteiger charge is 2.18. The molecule has 0 fully saturated rings. The zero-order valence-corrected chi connectivity index (χ0v) is 12.6. The van der Waals surface area contributed by atoms with E-state index in [4.69, 9.17) is 5.73 Å². The summed E-state index contributed by atoms with van der Waals surface area (Å²) in [6.07, 6.45) is 3.13. The molecule has 0 saturated carbocycles. The van der Waals surface area contributed by atoms with Crippen LogP contribution in [0.3, 0.4) is 0 Å². The standard InChI is InChI=1S/C11H16N5O5P/c12-5-3-1-2-4-6-15-8-7(13-10(18)14-8)9(17)16(11(15)19)22(20)21/h1-6,12H2,(H2,13,14,18). The average Bonchev–Trinajstić information content (AvgIpc) is 2.83. The maximum Gasteiger partial charge on any atom is 0.438 e. The summed E-state index contributed by atoms with van der Waals surface area (Å²) in [5.74, 6) is 0. The maximum absolute atomic E-state index is 12.2. The zero-order chi connectivity index (χ0) is 16.3. The monoisotopic (exact) mass is 329 g/mol. The quantitative estimate of drug-likeness (QED) is 0.465. The fraction of sp³-hybridized carbons (Fsp3) is 0.545. The summed E-state index contributed by atoms with van der Waals surface area (Å²) in [7, 11) is -3.42. The predicted molar refractivity (Wildman–Crippen MR) is 78.7 cm³/mol. The van der Waals surface area contributed by atoms with E-state index >= 15 is 0 Å². The molecule has 120 valence electrons. The normalized spacial score (nSPS) is 11.1. The van der Waals surface area contributed by atoms with Gasteiger partial charge in [-0.2, -0.15) is 0 Å². The Bertz CT molecular complexity index is 908. The molecule has 10 nitrogen and oxygen atoms in total. The van der Waals surface area contributed by atoms with E-state index in [0.717, 1.165) is 23.8 Å². The van der Waals surface area contributed by atoms with Crippen LogP contribution in [0.15, 0.2) is 14.4 Å².